The Bertz CT molecular complexity index is 6410. The van der Waals surface area contributed by atoms with Crippen molar-refractivity contribution in [2.45, 2.75) is 0 Å². The largest absolute Gasteiger partial charge is 0.416 e. The fraction of sp³-hybridized carbons (Fsp3) is 0. The van der Waals surface area contributed by atoms with E-state index in [1.54, 1.807) is 0 Å². The van der Waals surface area contributed by atoms with E-state index in [9.17, 15) is 0 Å². The second-order valence-electron chi connectivity index (χ2n) is 27.3. The molecule has 20 aromatic rings. The highest BCUT2D eigenvalue weighted by molar-refractivity contribution is 9.10. The number of benzene rings is 15. The molecule has 0 aliphatic rings. The van der Waals surface area contributed by atoms with Crippen molar-refractivity contribution in [2.75, 3.05) is 15.1 Å². The maximum absolute atomic E-state index is 6.07. The molecule has 0 aliphatic carbocycles. The number of nitrogens with one attached hydrogen (secondary N) is 1. The number of hydrogen-bond acceptors (Lipinski definition) is 16. The molecule has 20 rings (SSSR count). The summed E-state index contributed by atoms with van der Waals surface area (Å²) in [5.74, 6) is 2.92. The van der Waals surface area contributed by atoms with Crippen LogP contribution in [-0.4, -0.2) is 50.5 Å². The van der Waals surface area contributed by atoms with E-state index in [2.05, 4.69) is 199 Å². The average Bonchev–Trinajstić information content (AvgIpc) is 0.912. The van der Waals surface area contributed by atoms with E-state index in [0.29, 0.717) is 35.3 Å². The van der Waals surface area contributed by atoms with Gasteiger partial charge in [0, 0.05) is 110 Å². The molecule has 0 unspecified atom stereocenters. The van der Waals surface area contributed by atoms with Gasteiger partial charge in [0.1, 0.15) is 0 Å². The van der Waals surface area contributed by atoms with Crippen LogP contribution in [0.25, 0.3) is 136 Å². The fourth-order valence-electron chi connectivity index (χ4n) is 13.6. The van der Waals surface area contributed by atoms with Gasteiger partial charge >= 0.3 is 0 Å². The van der Waals surface area contributed by atoms with Gasteiger partial charge in [-0.15, -0.1) is 30.6 Å². The summed E-state index contributed by atoms with van der Waals surface area (Å²) in [6.07, 6.45) is 0. The lowest BCUT2D eigenvalue weighted by Crippen LogP contribution is -2.10. The Hall–Kier alpha value is -15.2. The van der Waals surface area contributed by atoms with Crippen molar-refractivity contribution in [1.29, 1.82) is 0 Å². The zero-order chi connectivity index (χ0) is 79.4. The number of anilines is 8. The maximum Gasteiger partial charge on any atom is 0.248 e. The van der Waals surface area contributed by atoms with Gasteiger partial charge in [0.2, 0.25) is 35.3 Å². The predicted octanol–water partition coefficient (Wildman–Crippen LogP) is 27.0. The number of nitrogens with zero attached hydrogens (tertiary/aromatic N) is 12. The van der Waals surface area contributed by atoms with Crippen molar-refractivity contribution in [3.05, 3.63) is 409 Å². The van der Waals surface area contributed by atoms with Gasteiger partial charge in [-0.25, -0.2) is 19.9 Å². The van der Waals surface area contributed by atoms with Crippen LogP contribution >= 0.6 is 31.9 Å². The van der Waals surface area contributed by atoms with E-state index >= 15 is 0 Å². The zero-order valence-corrected chi connectivity index (χ0v) is 66.1. The molecule has 0 radical (unpaired) electrons. The van der Waals surface area contributed by atoms with Crippen LogP contribution < -0.4 is 15.1 Å². The van der Waals surface area contributed by atoms with E-state index in [1.165, 1.54) is 0 Å². The molecule has 1 N–H and O–H groups in total. The summed E-state index contributed by atoms with van der Waals surface area (Å²) in [5, 5.41) is 28.9. The number of para-hydroxylation sites is 7. The second kappa shape index (κ2) is 34.6. The summed E-state index contributed by atoms with van der Waals surface area (Å²) in [6.45, 7) is 0. The molecule has 0 saturated heterocycles. The number of aromatic nitrogens is 10. The minimum atomic E-state index is 0.460. The first-order chi connectivity index (χ1) is 58.3. The zero-order valence-electron chi connectivity index (χ0n) is 63.0. The molecular formula is C100H67Br2N13O3. The third-order valence-electron chi connectivity index (χ3n) is 19.5. The smallest absolute Gasteiger partial charge is 0.248 e. The molecule has 0 bridgehead atoms. The third-order valence-corrected chi connectivity index (χ3v) is 20.5. The van der Waals surface area contributed by atoms with Crippen LogP contribution in [0.1, 0.15) is 0 Å². The summed E-state index contributed by atoms with van der Waals surface area (Å²) < 4.78 is 20.0. The Morgan fingerprint density at radius 2 is 0.381 bits per heavy atom. The Balaban J connectivity index is 0.000000161. The van der Waals surface area contributed by atoms with Crippen molar-refractivity contribution < 1.29 is 13.3 Å². The summed E-state index contributed by atoms with van der Waals surface area (Å²) >= 11 is 6.98. The highest BCUT2D eigenvalue weighted by atomic mass is 79.9. The van der Waals surface area contributed by atoms with Crippen molar-refractivity contribution in [2.24, 2.45) is 0 Å². The quantitative estimate of drug-likeness (QED) is 0.0854. The van der Waals surface area contributed by atoms with Gasteiger partial charge in [0.05, 0.1) is 44.8 Å². The second-order valence-corrected chi connectivity index (χ2v) is 29.1. The maximum atomic E-state index is 6.07. The number of rotatable bonds is 18. The van der Waals surface area contributed by atoms with E-state index in [4.69, 9.17) is 33.2 Å². The molecule has 15 aromatic carbocycles. The molecule has 0 aliphatic heterocycles. The summed E-state index contributed by atoms with van der Waals surface area (Å²) in [4.78, 5) is 24.7. The van der Waals surface area contributed by atoms with Crippen LogP contribution in [0.5, 0.6) is 0 Å². The van der Waals surface area contributed by atoms with Crippen LogP contribution in [0.3, 0.4) is 0 Å². The molecule has 0 saturated carbocycles. The van der Waals surface area contributed by atoms with Crippen LogP contribution in [0.15, 0.2) is 423 Å². The highest BCUT2D eigenvalue weighted by Crippen LogP contribution is 2.42. The molecule has 5 aromatic heterocycles. The van der Waals surface area contributed by atoms with Gasteiger partial charge in [0.15, 0.2) is 0 Å². The Morgan fingerprint density at radius 1 is 0.186 bits per heavy atom. The molecular weight excluding hydrogens is 1590 g/mol. The molecule has 0 amide bonds. The van der Waals surface area contributed by atoms with Gasteiger partial charge in [-0.05, 0) is 218 Å². The van der Waals surface area contributed by atoms with E-state index in [0.717, 1.165) is 155 Å². The van der Waals surface area contributed by atoms with Crippen molar-refractivity contribution in [1.82, 2.24) is 50.5 Å². The summed E-state index contributed by atoms with van der Waals surface area (Å²) in [7, 11) is 0. The lowest BCUT2D eigenvalue weighted by Gasteiger charge is -2.26. The molecule has 16 nitrogen and oxygen atoms in total. The molecule has 18 heteroatoms. The topological polar surface area (TPSA) is 187 Å². The Kier molecular flexibility index (Phi) is 21.8. The lowest BCUT2D eigenvalue weighted by atomic mass is 10.0. The lowest BCUT2D eigenvalue weighted by molar-refractivity contribution is 0.584. The average molecular weight is 1660 g/mol. The van der Waals surface area contributed by atoms with Crippen molar-refractivity contribution >= 4 is 99.4 Å². The first-order valence-electron chi connectivity index (χ1n) is 38.0. The monoisotopic (exact) mass is 1660 g/mol. The normalized spacial score (nSPS) is 11.0. The fourth-order valence-corrected chi connectivity index (χ4v) is 14.1. The SMILES string of the molecule is Brc1ccc(-c2nc3ccccc3nc2-c2ccc(Br)cc2)cc1.c1ccc(-c2nnc(-c3ccc(N(c4ccccc4)c4ccc(-c5nc6ccccc6nc5-c5ccc(N(c6ccccc6)c6ccc(-c7nnc(-c8ccccc8)o7)cc6)cc5)cc4)cc3)o2)cc1.c1ccc(Nc2ccc(-c3nnc(-c4ccccc4)o3)cc2)cc1. The van der Waals surface area contributed by atoms with Crippen molar-refractivity contribution in [3.8, 4) is 114 Å². The molecule has 0 spiro atoms. The van der Waals surface area contributed by atoms with Crippen LogP contribution in [0, 0.1) is 0 Å². The highest BCUT2D eigenvalue weighted by Gasteiger charge is 2.22. The van der Waals surface area contributed by atoms with Gasteiger partial charge in [-0.3, -0.25) is 0 Å². The van der Waals surface area contributed by atoms with Crippen LogP contribution in [-0.2, 0) is 0 Å². The first-order valence-corrected chi connectivity index (χ1v) is 39.6. The minimum absolute atomic E-state index is 0.460. The number of hydrogen-bond donors (Lipinski definition) is 1. The van der Waals surface area contributed by atoms with Gasteiger partial charge in [-0.2, -0.15) is 0 Å². The predicted molar refractivity (Wildman–Crippen MR) is 478 cm³/mol. The summed E-state index contributed by atoms with van der Waals surface area (Å²) in [5.41, 5.74) is 24.0. The standard InChI is InChI=1S/C60H40N8O2.C20H12Br2N2.C20H15N3O/c1-5-15-43(16-6-1)57-63-65-59(69-57)45-29-37-51(38-30-45)67(47-19-9-3-10-20-47)49-33-25-41(26-34-49)55-56(62-54-24-14-13-23-53(54)61-55)42-27-35-50(36-28-42)68(48-21-11-4-12-22-48)52-39-31-46(32-40-52)60-66-64-58(70-60)44-17-7-2-8-18-44;21-15-9-5-13(6-10-15)19-20(14-7-11-16(22)12-8-14)24-18-4-2-1-3-17(18)23-19;1-3-7-15(8-4-1)19-22-23-20(24-19)16-11-13-18(14-12-16)21-17-9-5-2-6-10-17/h1-40H;1-12H;1-14,21H. The Labute approximate surface area is 696 Å². The molecule has 0 atom stereocenters. The molecule has 0 fully saturated rings. The molecule has 564 valence electrons. The Morgan fingerprint density at radius 3 is 0.653 bits per heavy atom. The van der Waals surface area contributed by atoms with Gasteiger partial charge in [0.25, 0.3) is 0 Å². The third kappa shape index (κ3) is 16.9. The van der Waals surface area contributed by atoms with E-state index in [-0.39, 0.29) is 0 Å². The molecule has 118 heavy (non-hydrogen) atoms. The van der Waals surface area contributed by atoms with Crippen LogP contribution in [0.4, 0.5) is 45.5 Å². The minimum Gasteiger partial charge on any atom is -0.416 e. The number of halogens is 2. The van der Waals surface area contributed by atoms with Crippen molar-refractivity contribution in [3.63, 3.8) is 0 Å². The van der Waals surface area contributed by atoms with E-state index < -0.39 is 0 Å². The van der Waals surface area contributed by atoms with Crippen LogP contribution in [0.2, 0.25) is 0 Å². The van der Waals surface area contributed by atoms with E-state index in [1.807, 2.05) is 279 Å². The first kappa shape index (κ1) is 74.2. The number of fused-ring (bicyclic) bond motifs is 2. The molecule has 5 heterocycles. The van der Waals surface area contributed by atoms with Gasteiger partial charge in [-0.1, -0.05) is 214 Å². The summed E-state index contributed by atoms with van der Waals surface area (Å²) in [6, 6.07) is 134. The van der Waals surface area contributed by atoms with Gasteiger partial charge < -0.3 is 28.4 Å².